The fraction of sp³-hybridized carbons (Fsp3) is 0.250. The quantitative estimate of drug-likeness (QED) is 0.724. The summed E-state index contributed by atoms with van der Waals surface area (Å²) < 4.78 is 3.90. The third-order valence-corrected chi connectivity index (χ3v) is 3.87. The van der Waals surface area contributed by atoms with Gasteiger partial charge < -0.3 is 20.0 Å². The Morgan fingerprint density at radius 3 is 2.86 bits per heavy atom. The third kappa shape index (κ3) is 2.73. The van der Waals surface area contributed by atoms with Crippen molar-refractivity contribution in [2.24, 2.45) is 5.73 Å². The number of fused-ring (bicyclic) bond motifs is 1. The molecular weight excluding hydrogens is 280 g/mol. The average molecular weight is 298 g/mol. The van der Waals surface area contributed by atoms with E-state index in [4.69, 9.17) is 5.73 Å². The van der Waals surface area contributed by atoms with Crippen molar-refractivity contribution in [3.63, 3.8) is 0 Å². The van der Waals surface area contributed by atoms with Crippen LogP contribution in [0.1, 0.15) is 23.0 Å². The summed E-state index contributed by atoms with van der Waals surface area (Å²) in [5.41, 5.74) is 6.58. The molecule has 2 aromatic heterocycles. The molecule has 0 radical (unpaired) electrons. The molecule has 1 atom stereocenters. The van der Waals surface area contributed by atoms with Gasteiger partial charge in [-0.2, -0.15) is 0 Å². The van der Waals surface area contributed by atoms with Gasteiger partial charge in [0, 0.05) is 24.5 Å². The summed E-state index contributed by atoms with van der Waals surface area (Å²) in [5, 5.41) is 10.8. The van der Waals surface area contributed by atoms with Crippen LogP contribution in [0.4, 0.5) is 0 Å². The van der Waals surface area contributed by atoms with Gasteiger partial charge in [-0.15, -0.1) is 0 Å². The predicted octanol–water partition coefficient (Wildman–Crippen LogP) is 1.56. The van der Waals surface area contributed by atoms with Crippen LogP contribution in [-0.4, -0.2) is 31.7 Å². The van der Waals surface area contributed by atoms with Gasteiger partial charge >= 0.3 is 0 Å². The lowest BCUT2D eigenvalue weighted by Crippen LogP contribution is -2.15. The number of carbonyl (C=O) groups is 1. The van der Waals surface area contributed by atoms with E-state index < -0.39 is 5.91 Å². The standard InChI is InChI=1S/C16H18N4O2/c17-16(22)14-9-20(11-18-14)13(10-21)6-8-19-7-5-12-3-1-2-4-15(12)19/h1-5,7,9,11,13,21H,6,8,10H2,(H2,17,22)/t13-/m1/s1. The minimum Gasteiger partial charge on any atom is -0.394 e. The molecule has 3 N–H and O–H groups in total. The Morgan fingerprint density at radius 2 is 2.14 bits per heavy atom. The third-order valence-electron chi connectivity index (χ3n) is 3.87. The molecule has 114 valence electrons. The van der Waals surface area contributed by atoms with Crippen molar-refractivity contribution in [2.75, 3.05) is 6.61 Å². The van der Waals surface area contributed by atoms with Crippen molar-refractivity contribution in [1.29, 1.82) is 0 Å². The molecule has 0 aliphatic carbocycles. The molecule has 0 aliphatic rings. The summed E-state index contributed by atoms with van der Waals surface area (Å²) in [4.78, 5) is 15.0. The van der Waals surface area contributed by atoms with Crippen LogP contribution in [0.2, 0.25) is 0 Å². The predicted molar refractivity (Wildman–Crippen MR) is 83.4 cm³/mol. The number of aryl methyl sites for hydroxylation is 1. The Hall–Kier alpha value is -2.60. The van der Waals surface area contributed by atoms with Crippen molar-refractivity contribution in [3.8, 4) is 0 Å². The van der Waals surface area contributed by atoms with Gasteiger partial charge in [-0.3, -0.25) is 4.79 Å². The van der Waals surface area contributed by atoms with Crippen molar-refractivity contribution in [3.05, 3.63) is 54.7 Å². The number of aliphatic hydroxyl groups is 1. The van der Waals surface area contributed by atoms with Gasteiger partial charge in [0.05, 0.1) is 19.0 Å². The van der Waals surface area contributed by atoms with E-state index in [0.717, 1.165) is 13.0 Å². The first-order chi connectivity index (χ1) is 10.7. The Balaban J connectivity index is 1.74. The largest absolute Gasteiger partial charge is 0.394 e. The highest BCUT2D eigenvalue weighted by Crippen LogP contribution is 2.18. The zero-order valence-electron chi connectivity index (χ0n) is 12.1. The topological polar surface area (TPSA) is 86.1 Å². The van der Waals surface area contributed by atoms with Gasteiger partial charge in [0.1, 0.15) is 5.69 Å². The van der Waals surface area contributed by atoms with Crippen LogP contribution in [0.3, 0.4) is 0 Å². The lowest BCUT2D eigenvalue weighted by atomic mass is 10.2. The Kier molecular flexibility index (Phi) is 3.93. The highest BCUT2D eigenvalue weighted by atomic mass is 16.3. The van der Waals surface area contributed by atoms with E-state index in [2.05, 4.69) is 27.8 Å². The van der Waals surface area contributed by atoms with Crippen LogP contribution in [0.15, 0.2) is 49.1 Å². The van der Waals surface area contributed by atoms with Crippen LogP contribution in [0.25, 0.3) is 10.9 Å². The molecule has 3 aromatic rings. The van der Waals surface area contributed by atoms with Crippen LogP contribution >= 0.6 is 0 Å². The number of amides is 1. The Morgan fingerprint density at radius 1 is 1.32 bits per heavy atom. The fourth-order valence-electron chi connectivity index (χ4n) is 2.62. The number of rotatable bonds is 6. The van der Waals surface area contributed by atoms with Crippen molar-refractivity contribution in [2.45, 2.75) is 19.0 Å². The first-order valence-corrected chi connectivity index (χ1v) is 7.17. The summed E-state index contributed by atoms with van der Waals surface area (Å²) in [6.07, 6.45) is 5.89. The van der Waals surface area contributed by atoms with Crippen molar-refractivity contribution in [1.82, 2.24) is 14.1 Å². The number of carbonyl (C=O) groups excluding carboxylic acids is 1. The van der Waals surface area contributed by atoms with Gasteiger partial charge in [0.25, 0.3) is 5.91 Å². The normalized spacial score (nSPS) is 12.6. The minimum atomic E-state index is -0.563. The van der Waals surface area contributed by atoms with E-state index in [1.54, 1.807) is 10.8 Å². The van der Waals surface area contributed by atoms with E-state index in [1.807, 2.05) is 18.3 Å². The minimum absolute atomic E-state index is 0.0201. The summed E-state index contributed by atoms with van der Waals surface area (Å²) in [6, 6.07) is 10.1. The van der Waals surface area contributed by atoms with E-state index in [0.29, 0.717) is 0 Å². The molecule has 0 aliphatic heterocycles. The smallest absolute Gasteiger partial charge is 0.268 e. The molecule has 1 amide bonds. The molecule has 6 nitrogen and oxygen atoms in total. The van der Waals surface area contributed by atoms with E-state index in [9.17, 15) is 9.90 Å². The maximum atomic E-state index is 11.1. The van der Waals surface area contributed by atoms with Gasteiger partial charge in [0.15, 0.2) is 0 Å². The molecular formula is C16H18N4O2. The zero-order valence-corrected chi connectivity index (χ0v) is 12.1. The molecule has 0 bridgehead atoms. The molecule has 0 spiro atoms. The number of imidazole rings is 1. The molecule has 1 aromatic carbocycles. The van der Waals surface area contributed by atoms with Gasteiger partial charge in [-0.25, -0.2) is 4.98 Å². The van der Waals surface area contributed by atoms with E-state index in [1.165, 1.54) is 17.2 Å². The molecule has 2 heterocycles. The number of hydrogen-bond donors (Lipinski definition) is 2. The summed E-state index contributed by atoms with van der Waals surface area (Å²) >= 11 is 0. The van der Waals surface area contributed by atoms with Crippen LogP contribution in [-0.2, 0) is 6.54 Å². The second-order valence-corrected chi connectivity index (χ2v) is 5.26. The summed E-state index contributed by atoms with van der Waals surface area (Å²) in [6.45, 7) is 0.747. The number of nitrogens with two attached hydrogens (primary N) is 1. The molecule has 0 saturated carbocycles. The molecule has 3 rings (SSSR count). The Labute approximate surface area is 127 Å². The van der Waals surface area contributed by atoms with E-state index in [-0.39, 0.29) is 18.3 Å². The number of benzene rings is 1. The van der Waals surface area contributed by atoms with Gasteiger partial charge in [-0.05, 0) is 23.9 Å². The van der Waals surface area contributed by atoms with Crippen molar-refractivity contribution >= 4 is 16.8 Å². The maximum absolute atomic E-state index is 11.1. The SMILES string of the molecule is NC(=O)c1cn([C@@H](CO)CCn2ccc3ccccc32)cn1. The lowest BCUT2D eigenvalue weighted by Gasteiger charge is -2.16. The summed E-state index contributed by atoms with van der Waals surface area (Å²) in [5.74, 6) is -0.563. The molecule has 0 fully saturated rings. The van der Waals surface area contributed by atoms with Gasteiger partial charge in [-0.1, -0.05) is 18.2 Å². The monoisotopic (exact) mass is 298 g/mol. The first kappa shape index (κ1) is 14.3. The number of para-hydroxylation sites is 1. The number of nitrogens with zero attached hydrogens (tertiary/aromatic N) is 3. The van der Waals surface area contributed by atoms with Crippen LogP contribution < -0.4 is 5.73 Å². The molecule has 0 unspecified atom stereocenters. The highest BCUT2D eigenvalue weighted by Gasteiger charge is 2.13. The number of hydrogen-bond acceptors (Lipinski definition) is 3. The second-order valence-electron chi connectivity index (χ2n) is 5.26. The van der Waals surface area contributed by atoms with Crippen LogP contribution in [0.5, 0.6) is 0 Å². The summed E-state index contributed by atoms with van der Waals surface area (Å²) in [7, 11) is 0. The first-order valence-electron chi connectivity index (χ1n) is 7.17. The molecule has 0 saturated heterocycles. The Bertz CT molecular complexity index is 790. The van der Waals surface area contributed by atoms with Gasteiger partial charge in [0.2, 0.25) is 0 Å². The van der Waals surface area contributed by atoms with Crippen molar-refractivity contribution < 1.29 is 9.90 Å². The molecule has 22 heavy (non-hydrogen) atoms. The average Bonchev–Trinajstić information content (AvgIpc) is 3.15. The van der Waals surface area contributed by atoms with Crippen LogP contribution in [0, 0.1) is 0 Å². The number of aromatic nitrogens is 3. The maximum Gasteiger partial charge on any atom is 0.268 e. The fourth-order valence-corrected chi connectivity index (χ4v) is 2.62. The zero-order chi connectivity index (χ0) is 15.5. The number of primary amides is 1. The van der Waals surface area contributed by atoms with E-state index >= 15 is 0 Å². The second kappa shape index (κ2) is 6.03. The number of aliphatic hydroxyl groups excluding tert-OH is 1. The lowest BCUT2D eigenvalue weighted by molar-refractivity contribution is 0.0995. The molecule has 6 heteroatoms. The highest BCUT2D eigenvalue weighted by molar-refractivity contribution is 5.90.